The lowest BCUT2D eigenvalue weighted by Gasteiger charge is -2.20. The number of halogens is 1. The number of rotatable bonds is 12. The Morgan fingerprint density at radius 2 is 1.76 bits per heavy atom. The van der Waals surface area contributed by atoms with Gasteiger partial charge in [-0.1, -0.05) is 41.9 Å². The van der Waals surface area contributed by atoms with Crippen molar-refractivity contribution in [2.75, 3.05) is 0 Å². The molecule has 0 unspecified atom stereocenters. The number of pyridine rings is 1. The Morgan fingerprint density at radius 1 is 1.02 bits per heavy atom. The van der Waals surface area contributed by atoms with E-state index in [0.717, 1.165) is 27.8 Å². The fourth-order valence-corrected chi connectivity index (χ4v) is 4.62. The number of nitriles is 1. The van der Waals surface area contributed by atoms with Crippen LogP contribution in [0.5, 0.6) is 11.5 Å². The molecule has 4 rings (SSSR count). The Morgan fingerprint density at radius 3 is 2.46 bits per heavy atom. The van der Waals surface area contributed by atoms with Crippen LogP contribution in [0.25, 0.3) is 11.1 Å². The molecule has 0 saturated heterocycles. The molecule has 0 bridgehead atoms. The van der Waals surface area contributed by atoms with Crippen molar-refractivity contribution in [1.29, 1.82) is 5.26 Å². The van der Waals surface area contributed by atoms with Crippen LogP contribution in [-0.4, -0.2) is 33.3 Å². The van der Waals surface area contributed by atoms with E-state index in [1.165, 1.54) is 6.92 Å². The average molecular weight is 572 g/mol. The number of hydrogen-bond donors (Lipinski definition) is 3. The minimum absolute atomic E-state index is 0.0719. The Kier molecular flexibility index (Phi) is 9.93. The van der Waals surface area contributed by atoms with E-state index in [1.807, 2.05) is 43.3 Å². The lowest BCUT2D eigenvalue weighted by molar-refractivity contribution is -0.142. The predicted octanol–water partition coefficient (Wildman–Crippen LogP) is 5.66. The number of aliphatic hydroxyl groups is 1. The Hall–Kier alpha value is -4.42. The van der Waals surface area contributed by atoms with Gasteiger partial charge in [0.15, 0.2) is 0 Å². The van der Waals surface area contributed by atoms with Gasteiger partial charge >= 0.3 is 5.97 Å². The van der Waals surface area contributed by atoms with Crippen molar-refractivity contribution >= 4 is 17.6 Å². The first-order chi connectivity index (χ1) is 19.8. The van der Waals surface area contributed by atoms with Crippen LogP contribution in [0, 0.1) is 18.3 Å². The number of carbonyl (C=O) groups is 1. The quantitative estimate of drug-likeness (QED) is 0.199. The van der Waals surface area contributed by atoms with E-state index in [9.17, 15) is 20.3 Å². The molecule has 0 saturated carbocycles. The number of carboxylic acid groups (broad SMARTS) is 1. The maximum Gasteiger partial charge on any atom is 0.323 e. The second-order valence-electron chi connectivity index (χ2n) is 9.54. The second kappa shape index (κ2) is 13.8. The molecule has 0 fully saturated rings. The minimum Gasteiger partial charge on any atom is -0.488 e. The molecule has 1 aromatic heterocycles. The molecule has 0 radical (unpaired) electrons. The van der Waals surface area contributed by atoms with E-state index in [0.29, 0.717) is 27.6 Å². The summed E-state index contributed by atoms with van der Waals surface area (Å²) in [4.78, 5) is 15.7. The van der Waals surface area contributed by atoms with Gasteiger partial charge in [-0.3, -0.25) is 15.1 Å². The third-order valence-corrected chi connectivity index (χ3v) is 6.94. The number of nitrogens with one attached hydrogen (secondary N) is 1. The summed E-state index contributed by atoms with van der Waals surface area (Å²) >= 11 is 6.61. The molecule has 9 heteroatoms. The van der Waals surface area contributed by atoms with E-state index >= 15 is 0 Å². The summed E-state index contributed by atoms with van der Waals surface area (Å²) in [6, 6.07) is 21.3. The molecule has 0 aliphatic heterocycles. The zero-order chi connectivity index (χ0) is 29.4. The van der Waals surface area contributed by atoms with Gasteiger partial charge in [-0.25, -0.2) is 0 Å². The summed E-state index contributed by atoms with van der Waals surface area (Å²) in [5.74, 6) is -0.349. The van der Waals surface area contributed by atoms with Crippen LogP contribution in [0.3, 0.4) is 0 Å². The molecule has 41 heavy (non-hydrogen) atoms. The van der Waals surface area contributed by atoms with Gasteiger partial charge in [0.1, 0.15) is 30.8 Å². The van der Waals surface area contributed by atoms with Crippen molar-refractivity contribution in [2.45, 2.75) is 45.8 Å². The first-order valence-electron chi connectivity index (χ1n) is 13.0. The van der Waals surface area contributed by atoms with Crippen LogP contribution >= 0.6 is 11.6 Å². The molecule has 0 aliphatic rings. The molecular weight excluding hydrogens is 542 g/mol. The molecule has 1 heterocycles. The molecule has 210 valence electrons. The first-order valence-corrected chi connectivity index (χ1v) is 13.3. The van der Waals surface area contributed by atoms with Gasteiger partial charge in [-0.05, 0) is 72.0 Å². The van der Waals surface area contributed by atoms with E-state index in [2.05, 4.69) is 16.4 Å². The molecule has 2 atom stereocenters. The van der Waals surface area contributed by atoms with Gasteiger partial charge < -0.3 is 19.7 Å². The van der Waals surface area contributed by atoms with Gasteiger partial charge in [0.2, 0.25) is 0 Å². The molecule has 3 N–H and O–H groups in total. The van der Waals surface area contributed by atoms with Crippen LogP contribution in [0.2, 0.25) is 5.02 Å². The Bertz CT molecular complexity index is 1550. The topological polar surface area (TPSA) is 125 Å². The summed E-state index contributed by atoms with van der Waals surface area (Å²) in [6.07, 6.45) is 2.40. The highest BCUT2D eigenvalue weighted by molar-refractivity contribution is 6.32. The molecule has 4 aromatic rings. The molecule has 3 aromatic carbocycles. The zero-order valence-electron chi connectivity index (χ0n) is 22.7. The highest BCUT2D eigenvalue weighted by Gasteiger charge is 2.23. The van der Waals surface area contributed by atoms with E-state index in [-0.39, 0.29) is 19.8 Å². The summed E-state index contributed by atoms with van der Waals surface area (Å²) in [6.45, 7) is 3.93. The molecule has 0 aliphatic carbocycles. The molecule has 0 amide bonds. The third kappa shape index (κ3) is 7.62. The zero-order valence-corrected chi connectivity index (χ0v) is 23.4. The minimum atomic E-state index is -1.18. The number of nitrogens with zero attached hydrogens (tertiary/aromatic N) is 2. The first kappa shape index (κ1) is 29.6. The Balaban J connectivity index is 1.59. The lowest BCUT2D eigenvalue weighted by Crippen LogP contribution is -2.44. The molecular formula is C32H30ClN3O5. The summed E-state index contributed by atoms with van der Waals surface area (Å²) in [5, 5.41) is 31.7. The summed E-state index contributed by atoms with van der Waals surface area (Å²) in [7, 11) is 0. The van der Waals surface area contributed by atoms with E-state index in [4.69, 9.17) is 21.1 Å². The lowest BCUT2D eigenvalue weighted by atomic mass is 9.97. The van der Waals surface area contributed by atoms with Gasteiger partial charge in [0.25, 0.3) is 0 Å². The number of carboxylic acids is 1. The van der Waals surface area contributed by atoms with Crippen LogP contribution in [-0.2, 0) is 24.6 Å². The number of ether oxygens (including phenoxy) is 2. The third-order valence-electron chi connectivity index (χ3n) is 6.65. The number of aromatic nitrogens is 1. The maximum absolute atomic E-state index is 11.6. The van der Waals surface area contributed by atoms with Crippen LogP contribution < -0.4 is 14.8 Å². The molecule has 8 nitrogen and oxygen atoms in total. The fourth-order valence-electron chi connectivity index (χ4n) is 4.37. The standard InChI is InChI=1S/C32H30ClN3O5/c1-20-25(7-4-8-27(20)24-9-11-35-12-10-24)19-41-30-15-29(40-18-23-6-3-5-22(13-23)16-34)26(14-28(30)33)17-36-31(21(2)37)32(38)39/h3-15,21,31,36-37H,17-19H2,1-2H3,(H,38,39)/t21-,31+/m0/s1. The van der Waals surface area contributed by atoms with Gasteiger partial charge in [0, 0.05) is 30.6 Å². The molecule has 0 spiro atoms. The van der Waals surface area contributed by atoms with Crippen molar-refractivity contribution in [3.63, 3.8) is 0 Å². The second-order valence-corrected chi connectivity index (χ2v) is 9.95. The van der Waals surface area contributed by atoms with Crippen molar-refractivity contribution in [3.05, 3.63) is 112 Å². The average Bonchev–Trinajstić information content (AvgIpc) is 2.97. The van der Waals surface area contributed by atoms with Gasteiger partial charge in [-0.15, -0.1) is 0 Å². The van der Waals surface area contributed by atoms with E-state index < -0.39 is 18.1 Å². The number of aliphatic hydroxyl groups excluding tert-OH is 1. The highest BCUT2D eigenvalue weighted by atomic mass is 35.5. The fraction of sp³-hybridized carbons (Fsp3) is 0.219. The monoisotopic (exact) mass is 571 g/mol. The van der Waals surface area contributed by atoms with Crippen LogP contribution in [0.4, 0.5) is 0 Å². The van der Waals surface area contributed by atoms with Crippen molar-refractivity contribution in [1.82, 2.24) is 10.3 Å². The van der Waals surface area contributed by atoms with E-state index in [1.54, 1.807) is 42.7 Å². The van der Waals surface area contributed by atoms with Crippen molar-refractivity contribution in [2.24, 2.45) is 0 Å². The Labute approximate surface area is 243 Å². The normalized spacial score (nSPS) is 12.3. The SMILES string of the molecule is Cc1c(COc2cc(OCc3cccc(C#N)c3)c(CN[C@@H](C(=O)O)[C@H](C)O)cc2Cl)cccc1-c1ccncc1. The van der Waals surface area contributed by atoms with Crippen molar-refractivity contribution < 1.29 is 24.5 Å². The van der Waals surface area contributed by atoms with Crippen LogP contribution in [0.15, 0.2) is 79.1 Å². The smallest absolute Gasteiger partial charge is 0.323 e. The number of aliphatic carboxylic acids is 1. The maximum atomic E-state index is 11.6. The summed E-state index contributed by atoms with van der Waals surface area (Å²) < 4.78 is 12.3. The predicted molar refractivity (Wildman–Crippen MR) is 156 cm³/mol. The number of benzene rings is 3. The summed E-state index contributed by atoms with van der Waals surface area (Å²) in [5.41, 5.74) is 6.08. The number of hydrogen-bond acceptors (Lipinski definition) is 7. The van der Waals surface area contributed by atoms with Crippen LogP contribution in [0.1, 0.15) is 34.7 Å². The largest absolute Gasteiger partial charge is 0.488 e. The van der Waals surface area contributed by atoms with Gasteiger partial charge in [-0.2, -0.15) is 5.26 Å². The highest BCUT2D eigenvalue weighted by Crippen LogP contribution is 2.35. The van der Waals surface area contributed by atoms with Crippen molar-refractivity contribution in [3.8, 4) is 28.7 Å². The van der Waals surface area contributed by atoms with Gasteiger partial charge in [0.05, 0.1) is 22.8 Å².